The molecule has 2 N–H and O–H groups in total. The first-order chi connectivity index (χ1) is 9.15. The summed E-state index contributed by atoms with van der Waals surface area (Å²) in [7, 11) is 0. The summed E-state index contributed by atoms with van der Waals surface area (Å²) in [6.45, 7) is 6.31. The summed E-state index contributed by atoms with van der Waals surface area (Å²) in [5.41, 5.74) is 0. The van der Waals surface area contributed by atoms with Gasteiger partial charge in [0, 0.05) is 5.25 Å². The van der Waals surface area contributed by atoms with E-state index in [2.05, 4.69) is 27.8 Å². The van der Waals surface area contributed by atoms with E-state index in [1.54, 1.807) is 11.8 Å². The number of aryl methyl sites for hydroxylation is 1. The highest BCUT2D eigenvalue weighted by molar-refractivity contribution is 8.00. The Morgan fingerprint density at radius 2 is 2.26 bits per heavy atom. The zero-order valence-electron chi connectivity index (χ0n) is 11.3. The van der Waals surface area contributed by atoms with Crippen molar-refractivity contribution in [3.8, 4) is 0 Å². The molecule has 0 aliphatic carbocycles. The maximum atomic E-state index is 11.8. The Morgan fingerprint density at radius 3 is 2.89 bits per heavy atom. The van der Waals surface area contributed by atoms with E-state index in [-0.39, 0.29) is 5.91 Å². The van der Waals surface area contributed by atoms with E-state index < -0.39 is 0 Å². The molecule has 1 aliphatic heterocycles. The molecule has 0 aromatic carbocycles. The summed E-state index contributed by atoms with van der Waals surface area (Å²) in [6, 6.07) is 0. The van der Waals surface area contributed by atoms with Crippen LogP contribution in [0.4, 0.5) is 5.13 Å². The molecular formula is C12H20N4OS2. The Morgan fingerprint density at radius 1 is 1.53 bits per heavy atom. The van der Waals surface area contributed by atoms with Crippen molar-refractivity contribution >= 4 is 34.1 Å². The molecular weight excluding hydrogens is 280 g/mol. The van der Waals surface area contributed by atoms with Crippen molar-refractivity contribution in [3.63, 3.8) is 0 Å². The monoisotopic (exact) mass is 300 g/mol. The number of anilines is 1. The zero-order valence-corrected chi connectivity index (χ0v) is 12.9. The lowest BCUT2D eigenvalue weighted by Crippen LogP contribution is -2.32. The van der Waals surface area contributed by atoms with Gasteiger partial charge in [-0.3, -0.25) is 10.1 Å². The highest BCUT2D eigenvalue weighted by atomic mass is 32.2. The molecule has 19 heavy (non-hydrogen) atoms. The van der Waals surface area contributed by atoms with Crippen LogP contribution in [-0.2, 0) is 4.79 Å². The van der Waals surface area contributed by atoms with Crippen LogP contribution >= 0.6 is 23.1 Å². The van der Waals surface area contributed by atoms with Gasteiger partial charge in [0.2, 0.25) is 11.0 Å². The summed E-state index contributed by atoms with van der Waals surface area (Å²) < 4.78 is 0. The largest absolute Gasteiger partial charge is 0.317 e. The Hall–Kier alpha value is -0.660. The van der Waals surface area contributed by atoms with Gasteiger partial charge in [-0.05, 0) is 38.8 Å². The van der Waals surface area contributed by atoms with Crippen LogP contribution in [0.2, 0.25) is 0 Å². The number of hydrogen-bond acceptors (Lipinski definition) is 6. The van der Waals surface area contributed by atoms with Gasteiger partial charge in [-0.25, -0.2) is 0 Å². The molecule has 7 heteroatoms. The second kappa shape index (κ2) is 7.21. The normalized spacial score (nSPS) is 18.2. The van der Waals surface area contributed by atoms with Gasteiger partial charge in [-0.2, -0.15) is 0 Å². The third-order valence-electron chi connectivity index (χ3n) is 3.30. The summed E-state index contributed by atoms with van der Waals surface area (Å²) in [5.74, 6) is 1.23. The number of aromatic nitrogens is 2. The van der Waals surface area contributed by atoms with Gasteiger partial charge in [-0.1, -0.05) is 18.3 Å². The van der Waals surface area contributed by atoms with E-state index in [4.69, 9.17) is 0 Å². The van der Waals surface area contributed by atoms with Crippen LogP contribution < -0.4 is 10.6 Å². The van der Waals surface area contributed by atoms with Crippen LogP contribution in [0.5, 0.6) is 0 Å². The smallest absolute Gasteiger partial charge is 0.236 e. The van der Waals surface area contributed by atoms with Crippen LogP contribution in [0.1, 0.15) is 24.8 Å². The quantitative estimate of drug-likeness (QED) is 0.869. The van der Waals surface area contributed by atoms with E-state index in [0.717, 1.165) is 24.0 Å². The molecule has 2 heterocycles. The lowest BCUT2D eigenvalue weighted by atomic mass is 9.95. The lowest BCUT2D eigenvalue weighted by Gasteiger charge is -2.27. The molecule has 106 valence electrons. The van der Waals surface area contributed by atoms with Gasteiger partial charge in [-0.15, -0.1) is 22.0 Å². The molecule has 1 fully saturated rings. The average molecular weight is 300 g/mol. The Kier molecular flexibility index (Phi) is 5.59. The topological polar surface area (TPSA) is 66.9 Å². The second-order valence-corrected chi connectivity index (χ2v) is 7.33. The van der Waals surface area contributed by atoms with Crippen molar-refractivity contribution in [1.82, 2.24) is 15.5 Å². The fourth-order valence-corrected chi connectivity index (χ4v) is 3.80. The molecule has 2 rings (SSSR count). The number of nitrogens with one attached hydrogen (secondary N) is 2. The average Bonchev–Trinajstić information content (AvgIpc) is 2.82. The highest BCUT2D eigenvalue weighted by Gasteiger charge is 2.21. The lowest BCUT2D eigenvalue weighted by molar-refractivity contribution is -0.113. The van der Waals surface area contributed by atoms with Crippen LogP contribution in [0, 0.1) is 12.8 Å². The zero-order chi connectivity index (χ0) is 13.7. The van der Waals surface area contributed by atoms with Crippen molar-refractivity contribution < 1.29 is 4.79 Å². The van der Waals surface area contributed by atoms with Gasteiger partial charge in [0.1, 0.15) is 5.01 Å². The molecule has 1 amide bonds. The van der Waals surface area contributed by atoms with E-state index in [1.807, 2.05) is 6.92 Å². The Labute approximate surface area is 122 Å². The number of thioether (sulfide) groups is 1. The first-order valence-corrected chi connectivity index (χ1v) is 8.44. The maximum absolute atomic E-state index is 11.8. The molecule has 5 nitrogen and oxygen atoms in total. The number of rotatable bonds is 5. The van der Waals surface area contributed by atoms with Crippen LogP contribution in [0.3, 0.4) is 0 Å². The van der Waals surface area contributed by atoms with Gasteiger partial charge in [0.15, 0.2) is 0 Å². The second-order valence-electron chi connectivity index (χ2n) is 4.78. The van der Waals surface area contributed by atoms with Gasteiger partial charge < -0.3 is 5.32 Å². The van der Waals surface area contributed by atoms with E-state index in [9.17, 15) is 4.79 Å². The van der Waals surface area contributed by atoms with Crippen molar-refractivity contribution in [2.24, 2.45) is 5.92 Å². The van der Waals surface area contributed by atoms with Crippen molar-refractivity contribution in [3.05, 3.63) is 5.01 Å². The number of carbonyl (C=O) groups excluding carboxylic acids is 1. The first kappa shape index (κ1) is 14.7. The molecule has 1 unspecified atom stereocenters. The van der Waals surface area contributed by atoms with Crippen LogP contribution in [0.25, 0.3) is 0 Å². The first-order valence-electron chi connectivity index (χ1n) is 6.57. The minimum Gasteiger partial charge on any atom is -0.317 e. The molecule has 0 bridgehead atoms. The molecule has 0 spiro atoms. The molecule has 1 aromatic rings. The SMILES string of the molecule is Cc1nnc(NC(=O)CSC(C)C2CCNCC2)s1. The fraction of sp³-hybridized carbons (Fsp3) is 0.750. The van der Waals surface area contributed by atoms with Crippen LogP contribution in [0.15, 0.2) is 0 Å². The maximum Gasteiger partial charge on any atom is 0.236 e. The molecule has 1 saturated heterocycles. The number of hydrogen-bond donors (Lipinski definition) is 2. The minimum absolute atomic E-state index is 0.0157. The fourth-order valence-electron chi connectivity index (χ4n) is 2.16. The Bertz CT molecular complexity index is 418. The van der Waals surface area contributed by atoms with Gasteiger partial charge in [0.25, 0.3) is 0 Å². The van der Waals surface area contributed by atoms with Gasteiger partial charge >= 0.3 is 0 Å². The summed E-state index contributed by atoms with van der Waals surface area (Å²) in [6.07, 6.45) is 2.43. The van der Waals surface area contributed by atoms with Crippen molar-refractivity contribution in [1.29, 1.82) is 0 Å². The molecule has 1 aliphatic rings. The molecule has 0 radical (unpaired) electrons. The summed E-state index contributed by atoms with van der Waals surface area (Å²) in [5, 5.41) is 15.9. The third kappa shape index (κ3) is 4.74. The molecule has 1 atom stereocenters. The Balaban J connectivity index is 1.70. The number of amides is 1. The van der Waals surface area contributed by atoms with E-state index in [1.165, 1.54) is 24.2 Å². The summed E-state index contributed by atoms with van der Waals surface area (Å²) in [4.78, 5) is 11.8. The number of nitrogens with zero attached hydrogens (tertiary/aromatic N) is 2. The number of piperidine rings is 1. The summed E-state index contributed by atoms with van der Waals surface area (Å²) >= 11 is 3.14. The minimum atomic E-state index is 0.0157. The van der Waals surface area contributed by atoms with E-state index in [0.29, 0.717) is 16.1 Å². The molecule has 0 saturated carbocycles. The third-order valence-corrected chi connectivity index (χ3v) is 5.39. The van der Waals surface area contributed by atoms with Crippen LogP contribution in [-0.4, -0.2) is 40.2 Å². The number of carbonyl (C=O) groups is 1. The molecule has 1 aromatic heterocycles. The predicted octanol–water partition coefficient (Wildman–Crippen LogP) is 1.91. The highest BCUT2D eigenvalue weighted by Crippen LogP contribution is 2.26. The van der Waals surface area contributed by atoms with Crippen molar-refractivity contribution in [2.75, 3.05) is 24.2 Å². The van der Waals surface area contributed by atoms with Gasteiger partial charge in [0.05, 0.1) is 5.75 Å². The van der Waals surface area contributed by atoms with Crippen molar-refractivity contribution in [2.45, 2.75) is 31.9 Å². The standard InChI is InChI=1S/C12H20N4OS2/c1-8(10-3-5-13-6-4-10)18-7-11(17)14-12-16-15-9(2)19-12/h8,10,13H,3-7H2,1-2H3,(H,14,16,17). The predicted molar refractivity (Wildman–Crippen MR) is 80.8 cm³/mol. The van der Waals surface area contributed by atoms with E-state index >= 15 is 0 Å².